The van der Waals surface area contributed by atoms with Gasteiger partial charge in [-0.05, 0) is 30.7 Å². The molecule has 0 saturated carbocycles. The molecule has 3 aromatic rings. The summed E-state index contributed by atoms with van der Waals surface area (Å²) in [6.07, 6.45) is -0.898. The molecule has 1 aromatic carbocycles. The summed E-state index contributed by atoms with van der Waals surface area (Å²) in [7, 11) is 2.89. The van der Waals surface area contributed by atoms with E-state index in [1.54, 1.807) is 12.1 Å². The van der Waals surface area contributed by atoms with Crippen LogP contribution in [0.3, 0.4) is 0 Å². The number of nitrogens with one attached hydrogen (secondary N) is 1. The molecule has 10 heteroatoms. The first-order chi connectivity index (χ1) is 14.8. The summed E-state index contributed by atoms with van der Waals surface area (Å²) in [5, 5.41) is 6.49. The monoisotopic (exact) mass is 436 g/mol. The van der Waals surface area contributed by atoms with Crippen molar-refractivity contribution in [3.8, 4) is 22.8 Å². The van der Waals surface area contributed by atoms with Crippen molar-refractivity contribution in [1.29, 1.82) is 0 Å². The molecule has 1 N–H and O–H groups in total. The quantitative estimate of drug-likeness (QED) is 0.531. The molecule has 1 amide bonds. The minimum Gasteiger partial charge on any atom is -0.493 e. The van der Waals surface area contributed by atoms with E-state index in [4.69, 9.17) is 9.47 Å². The zero-order valence-electron chi connectivity index (χ0n) is 17.4. The molecule has 0 spiro atoms. The highest BCUT2D eigenvalue weighted by atomic mass is 19.4. The van der Waals surface area contributed by atoms with Gasteiger partial charge >= 0.3 is 6.18 Å². The van der Waals surface area contributed by atoms with Crippen LogP contribution in [0.4, 0.5) is 13.2 Å². The third-order valence-electron chi connectivity index (χ3n) is 4.75. The van der Waals surface area contributed by atoms with Crippen LogP contribution in [0.1, 0.15) is 42.2 Å². The van der Waals surface area contributed by atoms with Gasteiger partial charge < -0.3 is 14.8 Å². The van der Waals surface area contributed by atoms with Crippen LogP contribution in [-0.4, -0.2) is 41.3 Å². The molecule has 0 saturated heterocycles. The largest absolute Gasteiger partial charge is 0.493 e. The topological polar surface area (TPSA) is 77.8 Å². The van der Waals surface area contributed by atoms with Crippen molar-refractivity contribution < 1.29 is 27.4 Å². The molecule has 0 unspecified atom stereocenters. The van der Waals surface area contributed by atoms with E-state index in [1.807, 2.05) is 6.92 Å². The number of alkyl halides is 3. The summed E-state index contributed by atoms with van der Waals surface area (Å²) in [5.41, 5.74) is -0.827. The zero-order chi connectivity index (χ0) is 22.6. The number of hydrogen-bond acceptors (Lipinski definition) is 5. The predicted octanol–water partition coefficient (Wildman–Crippen LogP) is 4.35. The van der Waals surface area contributed by atoms with Crippen molar-refractivity contribution in [1.82, 2.24) is 19.9 Å². The van der Waals surface area contributed by atoms with E-state index in [2.05, 4.69) is 15.4 Å². The molecule has 3 rings (SSSR count). The molecular weight excluding hydrogens is 413 g/mol. The summed E-state index contributed by atoms with van der Waals surface area (Å²) >= 11 is 0. The maximum Gasteiger partial charge on any atom is 0.433 e. The Labute approximate surface area is 177 Å². The molecule has 166 valence electrons. The van der Waals surface area contributed by atoms with Gasteiger partial charge in [0.15, 0.2) is 22.8 Å². The fraction of sp³-hybridized carbons (Fsp3) is 0.381. The fourth-order valence-electron chi connectivity index (χ4n) is 3.14. The SMILES string of the molecule is CCCCCNC(=O)c1cnn2c(C(F)(F)F)cc(-c3ccc(OC)c(OC)c3)nc12. The molecule has 31 heavy (non-hydrogen) atoms. The summed E-state index contributed by atoms with van der Waals surface area (Å²) in [4.78, 5) is 16.9. The molecule has 2 aromatic heterocycles. The average Bonchev–Trinajstić information content (AvgIpc) is 3.18. The van der Waals surface area contributed by atoms with Crippen LogP contribution < -0.4 is 14.8 Å². The molecule has 7 nitrogen and oxygen atoms in total. The lowest BCUT2D eigenvalue weighted by Crippen LogP contribution is -2.24. The van der Waals surface area contributed by atoms with E-state index in [0.29, 0.717) is 28.1 Å². The maximum absolute atomic E-state index is 13.7. The summed E-state index contributed by atoms with van der Waals surface area (Å²) in [6, 6.07) is 5.56. The standard InChI is InChI=1S/C21H23F3N4O3/c1-4-5-6-9-25-20(29)14-12-26-28-18(21(22,23)24)11-15(27-19(14)28)13-7-8-16(30-2)17(10-13)31-3/h7-8,10-12H,4-6,9H2,1-3H3,(H,25,29). The Morgan fingerprint density at radius 2 is 1.87 bits per heavy atom. The van der Waals surface area contributed by atoms with Gasteiger partial charge in [0.2, 0.25) is 0 Å². The molecule has 0 radical (unpaired) electrons. The second-order valence-corrected chi connectivity index (χ2v) is 6.85. The Hall–Kier alpha value is -3.30. The maximum atomic E-state index is 13.7. The first-order valence-electron chi connectivity index (χ1n) is 9.76. The lowest BCUT2D eigenvalue weighted by atomic mass is 10.1. The average molecular weight is 436 g/mol. The highest BCUT2D eigenvalue weighted by Crippen LogP contribution is 2.35. The number of benzene rings is 1. The third-order valence-corrected chi connectivity index (χ3v) is 4.75. The number of halogens is 3. The Morgan fingerprint density at radius 3 is 2.52 bits per heavy atom. The highest BCUT2D eigenvalue weighted by Gasteiger charge is 2.36. The number of hydrogen-bond donors (Lipinski definition) is 1. The molecule has 0 aliphatic carbocycles. The Kier molecular flexibility index (Phi) is 6.67. The minimum absolute atomic E-state index is 0.0238. The fourth-order valence-corrected chi connectivity index (χ4v) is 3.14. The van der Waals surface area contributed by atoms with Crippen molar-refractivity contribution in [2.75, 3.05) is 20.8 Å². The minimum atomic E-state index is -4.70. The van der Waals surface area contributed by atoms with Gasteiger partial charge in [0.1, 0.15) is 5.56 Å². The Morgan fingerprint density at radius 1 is 1.13 bits per heavy atom. The molecule has 0 atom stereocenters. The normalized spacial score (nSPS) is 11.5. The third kappa shape index (κ3) is 4.73. The van der Waals surface area contributed by atoms with Gasteiger partial charge in [0.25, 0.3) is 5.91 Å². The van der Waals surface area contributed by atoms with E-state index in [9.17, 15) is 18.0 Å². The predicted molar refractivity (Wildman–Crippen MR) is 108 cm³/mol. The first kappa shape index (κ1) is 22.4. The lowest BCUT2D eigenvalue weighted by molar-refractivity contribution is -0.142. The number of nitrogens with zero attached hydrogens (tertiary/aromatic N) is 3. The van der Waals surface area contributed by atoms with Gasteiger partial charge in [-0.2, -0.15) is 18.3 Å². The summed E-state index contributed by atoms with van der Waals surface area (Å²) in [5.74, 6) is 0.258. The molecule has 0 fully saturated rings. The van der Waals surface area contributed by atoms with Gasteiger partial charge in [-0.1, -0.05) is 19.8 Å². The van der Waals surface area contributed by atoms with Gasteiger partial charge in [0, 0.05) is 12.1 Å². The van der Waals surface area contributed by atoms with Crippen LogP contribution in [0.2, 0.25) is 0 Å². The first-order valence-corrected chi connectivity index (χ1v) is 9.76. The number of methoxy groups -OCH3 is 2. The molecular formula is C21H23F3N4O3. The second-order valence-electron chi connectivity index (χ2n) is 6.85. The highest BCUT2D eigenvalue weighted by molar-refractivity contribution is 5.99. The number of fused-ring (bicyclic) bond motifs is 1. The molecule has 0 aliphatic heterocycles. The van der Waals surface area contributed by atoms with Gasteiger partial charge in [-0.3, -0.25) is 4.79 Å². The van der Waals surface area contributed by atoms with Crippen molar-refractivity contribution in [3.63, 3.8) is 0 Å². The van der Waals surface area contributed by atoms with Crippen molar-refractivity contribution in [2.24, 2.45) is 0 Å². The van der Waals surface area contributed by atoms with Gasteiger partial charge in [-0.25, -0.2) is 9.50 Å². The van der Waals surface area contributed by atoms with Crippen molar-refractivity contribution >= 4 is 11.6 Å². The van der Waals surface area contributed by atoms with Crippen LogP contribution in [0.25, 0.3) is 16.9 Å². The molecule has 2 heterocycles. The molecule has 0 aliphatic rings. The van der Waals surface area contributed by atoms with E-state index >= 15 is 0 Å². The van der Waals surface area contributed by atoms with Crippen molar-refractivity contribution in [2.45, 2.75) is 32.4 Å². The van der Waals surface area contributed by atoms with Crippen LogP contribution >= 0.6 is 0 Å². The number of aromatic nitrogens is 3. The van der Waals surface area contributed by atoms with Crippen LogP contribution in [0, 0.1) is 0 Å². The summed E-state index contributed by atoms with van der Waals surface area (Å²) in [6.45, 7) is 2.46. The number of carbonyl (C=O) groups excluding carboxylic acids is 1. The van der Waals surface area contributed by atoms with E-state index < -0.39 is 17.8 Å². The Bertz CT molecular complexity index is 1080. The van der Waals surface area contributed by atoms with E-state index in [0.717, 1.165) is 31.5 Å². The summed E-state index contributed by atoms with van der Waals surface area (Å²) < 4.78 is 52.3. The van der Waals surface area contributed by atoms with Crippen LogP contribution in [-0.2, 0) is 6.18 Å². The van der Waals surface area contributed by atoms with Crippen LogP contribution in [0.5, 0.6) is 11.5 Å². The number of unbranched alkanes of at least 4 members (excludes halogenated alkanes) is 2. The van der Waals surface area contributed by atoms with Gasteiger partial charge in [0.05, 0.1) is 26.1 Å². The number of rotatable bonds is 8. The number of carbonyl (C=O) groups is 1. The smallest absolute Gasteiger partial charge is 0.433 e. The van der Waals surface area contributed by atoms with Gasteiger partial charge in [-0.15, -0.1) is 0 Å². The number of amides is 1. The van der Waals surface area contributed by atoms with E-state index in [-0.39, 0.29) is 16.9 Å². The second kappa shape index (κ2) is 9.23. The van der Waals surface area contributed by atoms with E-state index in [1.165, 1.54) is 20.3 Å². The van der Waals surface area contributed by atoms with Crippen LogP contribution in [0.15, 0.2) is 30.5 Å². The Balaban J connectivity index is 2.10. The van der Waals surface area contributed by atoms with Crippen molar-refractivity contribution in [3.05, 3.63) is 41.7 Å². The number of ether oxygens (including phenoxy) is 2. The molecule has 0 bridgehead atoms. The lowest BCUT2D eigenvalue weighted by Gasteiger charge is -2.13. The zero-order valence-corrected chi connectivity index (χ0v) is 17.4.